The van der Waals surface area contributed by atoms with E-state index in [0.29, 0.717) is 0 Å². The summed E-state index contributed by atoms with van der Waals surface area (Å²) in [6, 6.07) is 3.52. The van der Waals surface area contributed by atoms with Crippen molar-refractivity contribution in [2.24, 2.45) is 0 Å². The second-order valence-corrected chi connectivity index (χ2v) is 4.02. The van der Waals surface area contributed by atoms with Crippen LogP contribution in [0.5, 0.6) is 5.75 Å². The summed E-state index contributed by atoms with van der Waals surface area (Å²) in [6.45, 7) is 1.21. The number of methoxy groups -OCH3 is 1. The molecule has 0 radical (unpaired) electrons. The van der Waals surface area contributed by atoms with Crippen molar-refractivity contribution in [2.75, 3.05) is 7.11 Å². The Morgan fingerprint density at radius 1 is 1.35 bits per heavy atom. The largest absolute Gasteiger partial charge is 0.494 e. The zero-order valence-electron chi connectivity index (χ0n) is 10.8. The fourth-order valence-electron chi connectivity index (χ4n) is 1.75. The Morgan fingerprint density at radius 2 is 2.05 bits per heavy atom. The van der Waals surface area contributed by atoms with Crippen LogP contribution in [0.4, 0.5) is 4.39 Å². The zero-order valence-corrected chi connectivity index (χ0v) is 10.8. The molecule has 0 bridgehead atoms. The normalized spacial score (nSPS) is 10.3. The van der Waals surface area contributed by atoms with Crippen molar-refractivity contribution in [3.63, 3.8) is 0 Å². The predicted octanol–water partition coefficient (Wildman–Crippen LogP) is 0.876. The smallest absolute Gasteiger partial charge is 0.333 e. The van der Waals surface area contributed by atoms with Crippen molar-refractivity contribution in [3.05, 3.63) is 56.6 Å². The van der Waals surface area contributed by atoms with Gasteiger partial charge in [0.05, 0.1) is 18.4 Å². The van der Waals surface area contributed by atoms with Crippen molar-refractivity contribution < 1.29 is 13.9 Å². The highest BCUT2D eigenvalue weighted by Gasteiger charge is 2.14. The molecule has 0 aliphatic carbocycles. The highest BCUT2D eigenvalue weighted by Crippen LogP contribution is 2.19. The number of rotatable bonds is 3. The molecule has 2 aromatic rings. The van der Waals surface area contributed by atoms with Gasteiger partial charge < -0.3 is 9.72 Å². The number of ketones is 1. The van der Waals surface area contributed by atoms with Crippen molar-refractivity contribution in [2.45, 2.75) is 6.92 Å². The van der Waals surface area contributed by atoms with Crippen LogP contribution in [0.1, 0.15) is 17.3 Å². The Balaban J connectivity index is 2.76. The maximum atomic E-state index is 13.3. The number of nitrogens with one attached hydrogen (secondary N) is 1. The second kappa shape index (κ2) is 5.12. The van der Waals surface area contributed by atoms with Gasteiger partial charge in [-0.1, -0.05) is 0 Å². The molecule has 0 aliphatic heterocycles. The molecule has 0 unspecified atom stereocenters. The minimum Gasteiger partial charge on any atom is -0.494 e. The first-order valence-electron chi connectivity index (χ1n) is 5.65. The molecule has 1 heterocycles. The van der Waals surface area contributed by atoms with Gasteiger partial charge in [0.1, 0.15) is 0 Å². The number of carbonyl (C=O) groups is 1. The third kappa shape index (κ3) is 2.25. The maximum absolute atomic E-state index is 13.3. The first kappa shape index (κ1) is 13.7. The van der Waals surface area contributed by atoms with Crippen LogP contribution in [0.25, 0.3) is 5.69 Å². The molecule has 7 heteroatoms. The van der Waals surface area contributed by atoms with E-state index in [2.05, 4.69) is 4.98 Å². The van der Waals surface area contributed by atoms with Gasteiger partial charge in [0.25, 0.3) is 5.56 Å². The number of H-pyrrole nitrogens is 1. The van der Waals surface area contributed by atoms with E-state index in [4.69, 9.17) is 4.74 Å². The van der Waals surface area contributed by atoms with E-state index >= 15 is 0 Å². The van der Waals surface area contributed by atoms with Gasteiger partial charge in [-0.05, 0) is 19.1 Å². The number of hydrogen-bond donors (Lipinski definition) is 1. The number of aromatic nitrogens is 2. The first-order chi connectivity index (χ1) is 9.45. The monoisotopic (exact) mass is 278 g/mol. The van der Waals surface area contributed by atoms with Gasteiger partial charge in [-0.15, -0.1) is 0 Å². The van der Waals surface area contributed by atoms with Crippen molar-refractivity contribution in [3.8, 4) is 11.4 Å². The third-order valence-corrected chi connectivity index (χ3v) is 2.75. The minimum atomic E-state index is -0.769. The zero-order chi connectivity index (χ0) is 14.9. The van der Waals surface area contributed by atoms with Crippen LogP contribution in [-0.2, 0) is 0 Å². The number of halogens is 1. The van der Waals surface area contributed by atoms with E-state index in [1.165, 1.54) is 26.2 Å². The summed E-state index contributed by atoms with van der Waals surface area (Å²) < 4.78 is 18.9. The average molecular weight is 278 g/mol. The van der Waals surface area contributed by atoms with Gasteiger partial charge in [-0.2, -0.15) is 0 Å². The molecule has 0 fully saturated rings. The van der Waals surface area contributed by atoms with Crippen LogP contribution in [0.15, 0.2) is 34.0 Å². The summed E-state index contributed by atoms with van der Waals surface area (Å²) >= 11 is 0. The van der Waals surface area contributed by atoms with E-state index in [1.54, 1.807) is 0 Å². The van der Waals surface area contributed by atoms with Crippen molar-refractivity contribution in [1.82, 2.24) is 9.55 Å². The highest BCUT2D eigenvalue weighted by molar-refractivity contribution is 5.93. The number of nitrogens with zero attached hydrogens (tertiary/aromatic N) is 1. The summed E-state index contributed by atoms with van der Waals surface area (Å²) in [4.78, 5) is 37.5. The van der Waals surface area contributed by atoms with Gasteiger partial charge in [0.2, 0.25) is 0 Å². The lowest BCUT2D eigenvalue weighted by Crippen LogP contribution is -2.36. The molecule has 20 heavy (non-hydrogen) atoms. The van der Waals surface area contributed by atoms with E-state index in [-0.39, 0.29) is 17.0 Å². The Kier molecular flexibility index (Phi) is 3.51. The standard InChI is InChI=1S/C13H11FN2O4/c1-7(17)9-6-15-13(19)16(12(9)18)8-3-4-10(14)11(5-8)20-2/h3-6H,1-2H3,(H,15,19). The van der Waals surface area contributed by atoms with Crippen LogP contribution < -0.4 is 16.0 Å². The molecule has 1 aromatic carbocycles. The Labute approximate surface area is 112 Å². The molecule has 0 aliphatic rings. The molecule has 1 aromatic heterocycles. The fourth-order valence-corrected chi connectivity index (χ4v) is 1.75. The van der Waals surface area contributed by atoms with Crippen molar-refractivity contribution >= 4 is 5.78 Å². The molecule has 0 spiro atoms. The Bertz CT molecular complexity index is 792. The van der Waals surface area contributed by atoms with Gasteiger partial charge in [-0.25, -0.2) is 13.8 Å². The minimum absolute atomic E-state index is 0.109. The summed E-state index contributed by atoms with van der Waals surface area (Å²) in [5, 5.41) is 0. The SMILES string of the molecule is COc1cc(-n2c(=O)[nH]cc(C(C)=O)c2=O)ccc1F. The number of Topliss-reactive ketones (excluding diaryl/α,β-unsaturated/α-hetero) is 1. The predicted molar refractivity (Wildman–Crippen MR) is 69.2 cm³/mol. The van der Waals surface area contributed by atoms with Gasteiger partial charge in [0, 0.05) is 12.3 Å². The lowest BCUT2D eigenvalue weighted by molar-refractivity contribution is 0.101. The topological polar surface area (TPSA) is 81.2 Å². The van der Waals surface area contributed by atoms with E-state index < -0.39 is 22.8 Å². The summed E-state index contributed by atoms with van der Waals surface area (Å²) in [7, 11) is 1.27. The summed E-state index contributed by atoms with van der Waals surface area (Å²) in [5.74, 6) is -1.21. The quantitative estimate of drug-likeness (QED) is 0.845. The maximum Gasteiger partial charge on any atom is 0.333 e. The summed E-state index contributed by atoms with van der Waals surface area (Å²) in [5.41, 5.74) is -1.55. The number of benzene rings is 1. The Morgan fingerprint density at radius 3 is 2.65 bits per heavy atom. The first-order valence-corrected chi connectivity index (χ1v) is 5.65. The van der Waals surface area contributed by atoms with Crippen LogP contribution >= 0.6 is 0 Å². The lowest BCUT2D eigenvalue weighted by atomic mass is 10.2. The molecule has 2 rings (SSSR count). The van der Waals surface area contributed by atoms with E-state index in [0.717, 1.165) is 16.8 Å². The molecule has 1 N–H and O–H groups in total. The molecule has 0 saturated carbocycles. The fraction of sp³-hybridized carbons (Fsp3) is 0.154. The van der Waals surface area contributed by atoms with E-state index in [9.17, 15) is 18.8 Å². The summed E-state index contributed by atoms with van der Waals surface area (Å²) in [6.07, 6.45) is 1.06. The molecular weight excluding hydrogens is 267 g/mol. The molecule has 104 valence electrons. The highest BCUT2D eigenvalue weighted by atomic mass is 19.1. The second-order valence-electron chi connectivity index (χ2n) is 4.02. The average Bonchev–Trinajstić information content (AvgIpc) is 2.40. The van der Waals surface area contributed by atoms with E-state index in [1.807, 2.05) is 0 Å². The van der Waals surface area contributed by atoms with Crippen LogP contribution in [0.2, 0.25) is 0 Å². The number of aromatic amines is 1. The number of carbonyl (C=O) groups excluding carboxylic acids is 1. The number of ether oxygens (including phenoxy) is 1. The van der Waals surface area contributed by atoms with Gasteiger partial charge in [-0.3, -0.25) is 9.59 Å². The third-order valence-electron chi connectivity index (χ3n) is 2.75. The van der Waals surface area contributed by atoms with Gasteiger partial charge in [0.15, 0.2) is 17.3 Å². The molecule has 6 nitrogen and oxygen atoms in total. The van der Waals surface area contributed by atoms with Crippen molar-refractivity contribution in [1.29, 1.82) is 0 Å². The lowest BCUT2D eigenvalue weighted by Gasteiger charge is -2.08. The molecule has 0 saturated heterocycles. The molecule has 0 atom stereocenters. The van der Waals surface area contributed by atoms with Crippen LogP contribution in [0.3, 0.4) is 0 Å². The number of hydrogen-bond acceptors (Lipinski definition) is 4. The van der Waals surface area contributed by atoms with Crippen LogP contribution in [0, 0.1) is 5.82 Å². The Hall–Kier alpha value is -2.70. The van der Waals surface area contributed by atoms with Crippen LogP contribution in [-0.4, -0.2) is 22.4 Å². The molecule has 0 amide bonds. The van der Waals surface area contributed by atoms with Gasteiger partial charge >= 0.3 is 5.69 Å². The molecular formula is C13H11FN2O4.